The molecule has 1 aliphatic heterocycles. The minimum Gasteiger partial charge on any atom is -0.288 e. The molecule has 9 heteroatoms. The average molecular weight is 328 g/mol. The first-order chi connectivity index (χ1) is 11.0. The SMILES string of the molecule is [N-]=[N+]=NS(=O)(=O)c1ccc2c(c1-c1ccccc1)C(=O)NC2=O. The van der Waals surface area contributed by atoms with Crippen molar-refractivity contribution in [3.8, 4) is 11.1 Å². The highest BCUT2D eigenvalue weighted by Gasteiger charge is 2.34. The van der Waals surface area contributed by atoms with Crippen LogP contribution < -0.4 is 5.32 Å². The first-order valence-electron chi connectivity index (χ1n) is 6.35. The topological polar surface area (TPSA) is 129 Å². The van der Waals surface area contributed by atoms with Crippen LogP contribution in [0.4, 0.5) is 0 Å². The molecule has 0 fully saturated rings. The fourth-order valence-electron chi connectivity index (χ4n) is 2.44. The van der Waals surface area contributed by atoms with Crippen LogP contribution in [0.5, 0.6) is 0 Å². The quantitative estimate of drug-likeness (QED) is 0.401. The van der Waals surface area contributed by atoms with E-state index in [1.807, 2.05) is 0 Å². The third kappa shape index (κ3) is 2.33. The summed E-state index contributed by atoms with van der Waals surface area (Å²) in [7, 11) is -4.33. The van der Waals surface area contributed by atoms with Crippen molar-refractivity contribution in [1.82, 2.24) is 5.32 Å². The van der Waals surface area contributed by atoms with Crippen molar-refractivity contribution >= 4 is 21.8 Å². The largest absolute Gasteiger partial charge is 0.288 e. The molecular formula is C14H8N4O4S. The van der Waals surface area contributed by atoms with Gasteiger partial charge in [0.1, 0.15) is 0 Å². The molecule has 23 heavy (non-hydrogen) atoms. The molecule has 0 spiro atoms. The van der Waals surface area contributed by atoms with Crippen molar-refractivity contribution in [2.75, 3.05) is 0 Å². The summed E-state index contributed by atoms with van der Waals surface area (Å²) in [5.74, 6) is -1.29. The Morgan fingerprint density at radius 3 is 2.30 bits per heavy atom. The van der Waals surface area contributed by atoms with Crippen LogP contribution >= 0.6 is 0 Å². The number of fused-ring (bicyclic) bond motifs is 1. The number of benzene rings is 2. The summed E-state index contributed by atoms with van der Waals surface area (Å²) in [5.41, 5.74) is 8.95. The van der Waals surface area contributed by atoms with Gasteiger partial charge in [-0.25, -0.2) is 8.42 Å². The van der Waals surface area contributed by atoms with Crippen LogP contribution in [0.25, 0.3) is 21.6 Å². The van der Waals surface area contributed by atoms with Crippen LogP contribution in [0.15, 0.2) is 51.9 Å². The molecule has 0 saturated carbocycles. The number of hydrogen-bond acceptors (Lipinski definition) is 4. The lowest BCUT2D eigenvalue weighted by molar-refractivity contribution is 0.0880. The molecular weight excluding hydrogens is 320 g/mol. The number of imide groups is 1. The Morgan fingerprint density at radius 1 is 0.957 bits per heavy atom. The molecule has 1 heterocycles. The summed E-state index contributed by atoms with van der Waals surface area (Å²) in [5, 5.41) is 2.13. The second-order valence-corrected chi connectivity index (χ2v) is 6.21. The summed E-state index contributed by atoms with van der Waals surface area (Å²) in [6, 6.07) is 10.6. The zero-order valence-electron chi connectivity index (χ0n) is 11.4. The maximum atomic E-state index is 12.2. The Balaban J connectivity index is 2.45. The van der Waals surface area contributed by atoms with Gasteiger partial charge in [0, 0.05) is 15.0 Å². The maximum Gasteiger partial charge on any atom is 0.264 e. The summed E-state index contributed by atoms with van der Waals surface area (Å²) >= 11 is 0. The second-order valence-electron chi connectivity index (χ2n) is 4.66. The van der Waals surface area contributed by atoms with Gasteiger partial charge in [-0.1, -0.05) is 30.3 Å². The Morgan fingerprint density at radius 2 is 1.65 bits per heavy atom. The average Bonchev–Trinajstić information content (AvgIpc) is 2.82. The van der Waals surface area contributed by atoms with Gasteiger partial charge in [-0.2, -0.15) is 0 Å². The van der Waals surface area contributed by atoms with E-state index in [-0.39, 0.29) is 21.6 Å². The van der Waals surface area contributed by atoms with Gasteiger partial charge in [0.25, 0.3) is 21.8 Å². The number of nitrogens with zero attached hydrogens (tertiary/aromatic N) is 3. The standard InChI is InChI=1S/C14H8N4O4S/c15-17-18-23(21,22)10-7-6-9-12(14(20)16-13(9)19)11(10)8-4-2-1-3-5-8/h1-7H,(H,16,19,20). The molecule has 0 aromatic heterocycles. The van der Waals surface area contributed by atoms with Gasteiger partial charge in [-0.3, -0.25) is 14.9 Å². The van der Waals surface area contributed by atoms with E-state index in [1.165, 1.54) is 6.07 Å². The van der Waals surface area contributed by atoms with Gasteiger partial charge in [0.2, 0.25) is 0 Å². The molecule has 2 amide bonds. The van der Waals surface area contributed by atoms with Crippen molar-refractivity contribution in [2.45, 2.75) is 4.90 Å². The number of rotatable bonds is 3. The van der Waals surface area contributed by atoms with Crippen molar-refractivity contribution in [3.63, 3.8) is 0 Å². The molecule has 0 bridgehead atoms. The smallest absolute Gasteiger partial charge is 0.264 e. The Labute approximate surface area is 130 Å². The van der Waals surface area contributed by atoms with Crippen LogP contribution in [-0.4, -0.2) is 20.2 Å². The van der Waals surface area contributed by atoms with Gasteiger partial charge >= 0.3 is 0 Å². The molecule has 0 aliphatic carbocycles. The molecule has 0 radical (unpaired) electrons. The maximum absolute atomic E-state index is 12.2. The number of nitrogens with one attached hydrogen (secondary N) is 1. The third-order valence-electron chi connectivity index (χ3n) is 3.35. The fourth-order valence-corrected chi connectivity index (χ4v) is 3.34. The molecule has 0 unspecified atom stereocenters. The van der Waals surface area contributed by atoms with E-state index in [2.05, 4.69) is 14.7 Å². The third-order valence-corrected chi connectivity index (χ3v) is 4.53. The molecule has 2 aromatic carbocycles. The lowest BCUT2D eigenvalue weighted by Crippen LogP contribution is -2.20. The van der Waals surface area contributed by atoms with E-state index in [4.69, 9.17) is 5.53 Å². The number of amides is 2. The summed E-state index contributed by atoms with van der Waals surface area (Å²) in [4.78, 5) is 25.8. The van der Waals surface area contributed by atoms with Gasteiger partial charge < -0.3 is 0 Å². The van der Waals surface area contributed by atoms with E-state index in [0.29, 0.717) is 5.56 Å². The molecule has 0 atom stereocenters. The molecule has 8 nitrogen and oxygen atoms in total. The molecule has 114 valence electrons. The molecule has 3 rings (SSSR count). The number of sulfonamides is 1. The first kappa shape index (κ1) is 14.8. The van der Waals surface area contributed by atoms with E-state index in [0.717, 1.165) is 6.07 Å². The predicted octanol–water partition coefficient (Wildman–Crippen LogP) is 2.24. The summed E-state index contributed by atoms with van der Waals surface area (Å²) in [6.07, 6.45) is 0. The number of carbonyl (C=O) groups excluding carboxylic acids is 2. The van der Waals surface area contributed by atoms with Crippen LogP contribution in [0.3, 0.4) is 0 Å². The van der Waals surface area contributed by atoms with Crippen LogP contribution in [0.2, 0.25) is 0 Å². The molecule has 1 aliphatic rings. The number of carbonyl (C=O) groups is 2. The molecule has 1 N–H and O–H groups in total. The lowest BCUT2D eigenvalue weighted by atomic mass is 9.96. The van der Waals surface area contributed by atoms with Gasteiger partial charge in [-0.15, -0.1) is 0 Å². The van der Waals surface area contributed by atoms with E-state index in [9.17, 15) is 18.0 Å². The zero-order valence-corrected chi connectivity index (χ0v) is 12.2. The van der Waals surface area contributed by atoms with Gasteiger partial charge in [0.05, 0.1) is 16.0 Å². The second kappa shape index (κ2) is 5.24. The fraction of sp³-hybridized carbons (Fsp3) is 0. The monoisotopic (exact) mass is 328 g/mol. The normalized spacial score (nSPS) is 13.2. The van der Waals surface area contributed by atoms with Crippen LogP contribution in [-0.2, 0) is 10.0 Å². The Bertz CT molecular complexity index is 993. The first-order valence-corrected chi connectivity index (χ1v) is 7.79. The zero-order chi connectivity index (χ0) is 16.6. The molecule has 2 aromatic rings. The lowest BCUT2D eigenvalue weighted by Gasteiger charge is -2.11. The van der Waals surface area contributed by atoms with Crippen molar-refractivity contribution in [1.29, 1.82) is 0 Å². The van der Waals surface area contributed by atoms with E-state index in [1.54, 1.807) is 30.3 Å². The highest BCUT2D eigenvalue weighted by Crippen LogP contribution is 2.35. The van der Waals surface area contributed by atoms with Crippen molar-refractivity contribution < 1.29 is 18.0 Å². The molecule has 0 saturated heterocycles. The van der Waals surface area contributed by atoms with E-state index < -0.39 is 21.8 Å². The highest BCUT2D eigenvalue weighted by molar-refractivity contribution is 7.90. The van der Waals surface area contributed by atoms with Crippen molar-refractivity contribution in [2.24, 2.45) is 4.52 Å². The number of hydrogen-bond donors (Lipinski definition) is 1. The minimum absolute atomic E-state index is 0.0406. The Kier molecular flexibility index (Phi) is 3.36. The highest BCUT2D eigenvalue weighted by atomic mass is 32.2. The number of azide groups is 1. The van der Waals surface area contributed by atoms with Crippen molar-refractivity contribution in [3.05, 3.63) is 64.0 Å². The van der Waals surface area contributed by atoms with Gasteiger partial charge in [-0.05, 0) is 23.2 Å². The van der Waals surface area contributed by atoms with Crippen LogP contribution in [0.1, 0.15) is 20.7 Å². The summed E-state index contributed by atoms with van der Waals surface area (Å²) < 4.78 is 27.2. The Hall–Kier alpha value is -3.16. The van der Waals surface area contributed by atoms with E-state index >= 15 is 0 Å². The van der Waals surface area contributed by atoms with Gasteiger partial charge in [0.15, 0.2) is 0 Å². The minimum atomic E-state index is -4.33. The predicted molar refractivity (Wildman–Crippen MR) is 80.0 cm³/mol. The van der Waals surface area contributed by atoms with Crippen LogP contribution in [0, 0.1) is 0 Å². The summed E-state index contributed by atoms with van der Waals surface area (Å²) in [6.45, 7) is 0.